The van der Waals surface area contributed by atoms with Crippen LogP contribution in [0, 0.1) is 26.1 Å². The van der Waals surface area contributed by atoms with Gasteiger partial charge in [-0.3, -0.25) is 10.1 Å². The number of ether oxygens (including phenoxy) is 2. The number of hydrogen-bond donors (Lipinski definition) is 1. The number of hydrogen-bond acceptors (Lipinski definition) is 10. The summed E-state index contributed by atoms with van der Waals surface area (Å²) in [6, 6.07) is 36.5. The first-order valence-corrected chi connectivity index (χ1v) is 20.9. The fraction of sp³-hybridized carbons (Fsp3) is 0.190. The fourth-order valence-corrected chi connectivity index (χ4v) is 13.8. The summed E-state index contributed by atoms with van der Waals surface area (Å²) in [5.41, 5.74) is -0.880. The number of halogens is 1. The monoisotopic (exact) mass is 824 g/mol. The van der Waals surface area contributed by atoms with Crippen molar-refractivity contribution in [2.45, 2.75) is 38.6 Å². The summed E-state index contributed by atoms with van der Waals surface area (Å²) in [6.07, 6.45) is -1.59. The molecule has 1 saturated heterocycles. The van der Waals surface area contributed by atoms with Gasteiger partial charge in [0.1, 0.15) is 0 Å². The van der Waals surface area contributed by atoms with Gasteiger partial charge in [-0.2, -0.15) is 0 Å². The molecule has 0 aliphatic carbocycles. The van der Waals surface area contributed by atoms with Crippen molar-refractivity contribution < 1.29 is 38.5 Å². The number of alkyl carbamates (subject to hydrolysis) is 1. The van der Waals surface area contributed by atoms with Crippen LogP contribution in [0.1, 0.15) is 24.5 Å². The van der Waals surface area contributed by atoms with E-state index in [1.54, 1.807) is 110 Å². The molecule has 0 radical (unpaired) electrons. The number of amides is 2. The van der Waals surface area contributed by atoms with E-state index in [1.807, 2.05) is 0 Å². The van der Waals surface area contributed by atoms with Crippen LogP contribution in [-0.4, -0.2) is 56.1 Å². The van der Waals surface area contributed by atoms with E-state index in [2.05, 4.69) is 5.32 Å². The number of para-hydroxylation sites is 2. The Labute approximate surface area is 337 Å². The van der Waals surface area contributed by atoms with Crippen molar-refractivity contribution in [3.63, 3.8) is 0 Å². The van der Waals surface area contributed by atoms with E-state index in [1.165, 1.54) is 41.3 Å². The summed E-state index contributed by atoms with van der Waals surface area (Å²) in [5.74, 6) is -1.51. The third kappa shape index (κ3) is 7.63. The van der Waals surface area contributed by atoms with Crippen molar-refractivity contribution in [1.82, 2.24) is 10.2 Å². The molecule has 0 aromatic heterocycles. The van der Waals surface area contributed by atoms with Crippen LogP contribution < -0.4 is 21.2 Å². The number of benzene rings is 5. The number of nitrogens with one attached hydrogen (secondary N) is 1. The zero-order valence-corrected chi connectivity index (χ0v) is 32.7. The molecule has 0 saturated carbocycles. The normalized spacial score (nSPS) is 16.1. The first-order chi connectivity index (χ1) is 27.9. The third-order valence-electron chi connectivity index (χ3n) is 10.5. The van der Waals surface area contributed by atoms with Gasteiger partial charge in [-0.05, 0) is 0 Å². The van der Waals surface area contributed by atoms with Gasteiger partial charge in [0, 0.05) is 0 Å². The molecular formula is C42H38ClN4O10P. The number of rotatable bonds is 16. The molecule has 298 valence electrons. The number of likely N-dealkylation sites (tertiary alicyclic amines) is 1. The average molecular weight is 825 g/mol. The van der Waals surface area contributed by atoms with Crippen LogP contribution in [0.5, 0.6) is 0 Å². The second-order valence-corrected chi connectivity index (χ2v) is 19.0. The molecule has 5 aromatic rings. The second-order valence-electron chi connectivity index (χ2n) is 13.7. The zero-order chi connectivity index (χ0) is 41.5. The summed E-state index contributed by atoms with van der Waals surface area (Å²) >= 11 is 6.03. The van der Waals surface area contributed by atoms with Crippen molar-refractivity contribution in [3.8, 4) is 0 Å². The molecule has 5 aromatic carbocycles. The van der Waals surface area contributed by atoms with Crippen molar-refractivity contribution in [2.75, 3.05) is 6.29 Å². The molecule has 1 fully saturated rings. The number of carbonyl (C=O) groups is 4. The van der Waals surface area contributed by atoms with Crippen LogP contribution in [0.15, 0.2) is 140 Å². The van der Waals surface area contributed by atoms with Crippen molar-refractivity contribution >= 4 is 68.4 Å². The third-order valence-corrected chi connectivity index (χ3v) is 16.8. The maximum atomic E-state index is 15.7. The molecule has 1 N–H and O–H groups in total. The minimum atomic E-state index is -4.80. The molecule has 58 heavy (non-hydrogen) atoms. The van der Waals surface area contributed by atoms with Gasteiger partial charge in [0.15, 0.2) is 0 Å². The Hall–Kier alpha value is -6.50. The molecule has 0 spiro atoms. The molecule has 0 bridgehead atoms. The molecule has 6 rings (SSSR count). The Bertz CT molecular complexity index is 2250. The quantitative estimate of drug-likeness (QED) is 0.0360. The topological polar surface area (TPSA) is 188 Å². The Morgan fingerprint density at radius 2 is 1.12 bits per heavy atom. The minimum absolute atomic E-state index is 0.158. The molecule has 1 heterocycles. The zero-order valence-electron chi connectivity index (χ0n) is 31.1. The van der Waals surface area contributed by atoms with Crippen molar-refractivity contribution in [2.24, 2.45) is 5.92 Å². The van der Waals surface area contributed by atoms with Crippen LogP contribution in [0.25, 0.3) is 0 Å². The Balaban J connectivity index is 1.43. The molecule has 2 amide bonds. The van der Waals surface area contributed by atoms with Crippen molar-refractivity contribution in [1.29, 1.82) is 0 Å². The summed E-state index contributed by atoms with van der Waals surface area (Å²) < 4.78 is 11.6. The molecule has 3 atom stereocenters. The van der Waals surface area contributed by atoms with E-state index < -0.39 is 70.6 Å². The first-order valence-electron chi connectivity index (χ1n) is 18.1. The van der Waals surface area contributed by atoms with E-state index in [9.17, 15) is 34.6 Å². The molecule has 1 aliphatic heterocycles. The van der Waals surface area contributed by atoms with Gasteiger partial charge in [-0.25, -0.2) is 0 Å². The Morgan fingerprint density at radius 1 is 0.707 bits per heavy atom. The molecule has 16 heteroatoms. The van der Waals surface area contributed by atoms with Gasteiger partial charge >= 0.3 is 323 Å². The standard InChI is InChI=1S/C42H38ClN4O10P/c1-29(44-41(50)56-26-30-15-11-13-23-35(30)46(52)53)39-37(25-38(43)48)45(40(39)49)28-58(32-17-5-2-6-18-32,33-19-7-3-8-20-33,34-21-9-4-10-22-34)42(51)57-27-31-16-12-14-24-36(31)47(54)55/h2-24,29,37,39H,25-28H2,1H3,(H,44,50). The summed E-state index contributed by atoms with van der Waals surface area (Å²) in [5, 5.41) is 26.9. The van der Waals surface area contributed by atoms with Crippen LogP contribution in [0.3, 0.4) is 0 Å². The van der Waals surface area contributed by atoms with Gasteiger partial charge in [-0.15, -0.1) is 0 Å². The van der Waals surface area contributed by atoms with Gasteiger partial charge in [0.25, 0.3) is 0 Å². The Kier molecular flexibility index (Phi) is 12.3. The van der Waals surface area contributed by atoms with E-state index in [0.717, 1.165) is 0 Å². The summed E-state index contributed by atoms with van der Waals surface area (Å²) in [4.78, 5) is 79.7. The fourth-order valence-electron chi connectivity index (χ4n) is 7.76. The van der Waals surface area contributed by atoms with E-state index in [0.29, 0.717) is 15.9 Å². The number of β-lactam (4-membered cyclic amide) rings is 1. The van der Waals surface area contributed by atoms with Crippen molar-refractivity contribution in [3.05, 3.63) is 171 Å². The van der Waals surface area contributed by atoms with Crippen LogP contribution in [-0.2, 0) is 32.3 Å². The summed E-state index contributed by atoms with van der Waals surface area (Å²) in [7, 11) is 0. The molecular weight excluding hydrogens is 787 g/mol. The molecule has 14 nitrogen and oxygen atoms in total. The van der Waals surface area contributed by atoms with E-state index in [4.69, 9.17) is 21.1 Å². The molecule has 3 unspecified atom stereocenters. The van der Waals surface area contributed by atoms with Crippen LogP contribution in [0.4, 0.5) is 21.0 Å². The summed E-state index contributed by atoms with van der Waals surface area (Å²) in [6.45, 7) is -4.12. The van der Waals surface area contributed by atoms with Crippen LogP contribution >= 0.6 is 18.2 Å². The number of nitro benzene ring substituents is 2. The maximum absolute atomic E-state index is 15.7. The predicted octanol–water partition coefficient (Wildman–Crippen LogP) is 6.92. The number of nitrogens with zero attached hydrogens (tertiary/aromatic N) is 3. The van der Waals surface area contributed by atoms with E-state index in [-0.39, 0.29) is 35.2 Å². The number of nitro groups is 2. The van der Waals surface area contributed by atoms with E-state index >= 15 is 4.79 Å². The molecule has 1 aliphatic rings. The van der Waals surface area contributed by atoms with Gasteiger partial charge in [0.2, 0.25) is 0 Å². The first kappa shape index (κ1) is 41.1. The van der Waals surface area contributed by atoms with Gasteiger partial charge < -0.3 is 0 Å². The van der Waals surface area contributed by atoms with Crippen LogP contribution in [0.2, 0.25) is 0 Å². The second kappa shape index (κ2) is 17.3. The Morgan fingerprint density at radius 3 is 1.55 bits per heavy atom. The van der Waals surface area contributed by atoms with Gasteiger partial charge in [-0.1, -0.05) is 6.07 Å². The average Bonchev–Trinajstić information content (AvgIpc) is 3.23. The predicted molar refractivity (Wildman–Crippen MR) is 219 cm³/mol. The number of carbonyl (C=O) groups excluding carboxylic acids is 4. The van der Waals surface area contributed by atoms with Gasteiger partial charge in [0.05, 0.1) is 0 Å². The SMILES string of the molecule is CC(NC(=O)OCc1ccccc1[N+](=O)[O-])C1C(=O)N(CP(C(=O)OCc2ccccc2[N+](=O)[O-])(c2ccccc2)(c2ccccc2)c2ccccc2)C1CC(=O)Cl.